The highest BCUT2D eigenvalue weighted by atomic mass is 35.5. The molecule has 2 fully saturated rings. The number of rotatable bonds is 4. The van der Waals surface area contributed by atoms with Crippen molar-refractivity contribution in [2.45, 2.75) is 22.3 Å². The predicted octanol–water partition coefficient (Wildman–Crippen LogP) is 3.93. The molecule has 0 saturated carbocycles. The number of benzene rings is 2. The van der Waals surface area contributed by atoms with E-state index >= 15 is 0 Å². The second-order valence-corrected chi connectivity index (χ2v) is 8.06. The number of amides is 1. The number of carbonyl (C=O) groups is 1. The topological polar surface area (TPSA) is 32.3 Å². The number of halogens is 1. The van der Waals surface area contributed by atoms with Gasteiger partial charge in [-0.2, -0.15) is 0 Å². The van der Waals surface area contributed by atoms with Crippen molar-refractivity contribution in [2.75, 3.05) is 19.6 Å². The van der Waals surface area contributed by atoms with Gasteiger partial charge in [0, 0.05) is 39.5 Å². The SMILES string of the molecule is O=C(NC1CN2CC[C@H]1C2)c1ccc(Sc2cccc(Cl)c2)cc1. The summed E-state index contributed by atoms with van der Waals surface area (Å²) in [7, 11) is 0. The molecule has 2 aromatic rings. The van der Waals surface area contributed by atoms with Gasteiger partial charge >= 0.3 is 0 Å². The number of hydrogen-bond acceptors (Lipinski definition) is 3. The molecule has 0 radical (unpaired) electrons. The summed E-state index contributed by atoms with van der Waals surface area (Å²) in [5.74, 6) is 0.666. The van der Waals surface area contributed by atoms with Gasteiger partial charge in [-0.1, -0.05) is 29.4 Å². The zero-order chi connectivity index (χ0) is 16.5. The molecule has 24 heavy (non-hydrogen) atoms. The molecule has 4 rings (SSSR count). The van der Waals surface area contributed by atoms with Crippen LogP contribution in [0.25, 0.3) is 0 Å². The standard InChI is InChI=1S/C19H19ClN2OS/c20-15-2-1-3-17(10-15)24-16-6-4-13(5-7-16)19(23)21-18-12-22-9-8-14(18)11-22/h1-7,10,14,18H,8-9,11-12H2,(H,21,23)/t14-,18?/m0/s1. The lowest BCUT2D eigenvalue weighted by atomic mass is 9.99. The molecule has 0 aromatic heterocycles. The Hall–Kier alpha value is -1.49. The lowest BCUT2D eigenvalue weighted by molar-refractivity contribution is 0.0924. The van der Waals surface area contributed by atoms with Gasteiger partial charge in [0.15, 0.2) is 0 Å². The first-order valence-corrected chi connectivity index (χ1v) is 9.43. The molecule has 1 amide bonds. The van der Waals surface area contributed by atoms with Gasteiger partial charge in [-0.3, -0.25) is 4.79 Å². The fourth-order valence-corrected chi connectivity index (χ4v) is 4.67. The monoisotopic (exact) mass is 358 g/mol. The number of piperidine rings is 1. The average Bonchev–Trinajstić information content (AvgIpc) is 3.18. The van der Waals surface area contributed by atoms with E-state index in [1.165, 1.54) is 13.0 Å². The maximum absolute atomic E-state index is 12.4. The lowest BCUT2D eigenvalue weighted by Crippen LogP contribution is -2.43. The molecular weight excluding hydrogens is 340 g/mol. The molecule has 1 N–H and O–H groups in total. The number of carbonyl (C=O) groups excluding carboxylic acids is 1. The average molecular weight is 359 g/mol. The third-order valence-electron chi connectivity index (χ3n) is 4.80. The third-order valence-corrected chi connectivity index (χ3v) is 6.03. The first kappa shape index (κ1) is 16.0. The van der Waals surface area contributed by atoms with Crippen molar-refractivity contribution >= 4 is 29.3 Å². The van der Waals surface area contributed by atoms with Crippen molar-refractivity contribution in [2.24, 2.45) is 5.92 Å². The van der Waals surface area contributed by atoms with Crippen molar-refractivity contribution < 1.29 is 4.79 Å². The number of nitrogens with one attached hydrogen (secondary N) is 1. The summed E-state index contributed by atoms with van der Waals surface area (Å²) in [6, 6.07) is 15.9. The van der Waals surface area contributed by atoms with E-state index < -0.39 is 0 Å². The first-order valence-electron chi connectivity index (χ1n) is 8.24. The zero-order valence-electron chi connectivity index (χ0n) is 13.2. The van der Waals surface area contributed by atoms with Gasteiger partial charge in [-0.25, -0.2) is 0 Å². The summed E-state index contributed by atoms with van der Waals surface area (Å²) in [6.45, 7) is 3.33. The Bertz CT molecular complexity index is 749. The molecule has 0 aliphatic carbocycles. The Balaban J connectivity index is 1.39. The largest absolute Gasteiger partial charge is 0.348 e. The van der Waals surface area contributed by atoms with Gasteiger partial charge in [0.2, 0.25) is 0 Å². The fourth-order valence-electron chi connectivity index (χ4n) is 3.54. The Morgan fingerprint density at radius 2 is 1.96 bits per heavy atom. The van der Waals surface area contributed by atoms with E-state index in [1.807, 2.05) is 48.5 Å². The summed E-state index contributed by atoms with van der Waals surface area (Å²) >= 11 is 7.66. The van der Waals surface area contributed by atoms with E-state index in [1.54, 1.807) is 11.8 Å². The third kappa shape index (κ3) is 3.46. The summed E-state index contributed by atoms with van der Waals surface area (Å²) in [4.78, 5) is 17.1. The van der Waals surface area contributed by atoms with Gasteiger partial charge < -0.3 is 10.2 Å². The van der Waals surface area contributed by atoms with E-state index in [0.29, 0.717) is 12.0 Å². The molecule has 124 valence electrons. The van der Waals surface area contributed by atoms with Crippen LogP contribution in [0.15, 0.2) is 58.3 Å². The second kappa shape index (κ2) is 6.79. The van der Waals surface area contributed by atoms with Crippen LogP contribution in [-0.4, -0.2) is 36.5 Å². The van der Waals surface area contributed by atoms with Gasteiger partial charge in [-0.15, -0.1) is 0 Å². The van der Waals surface area contributed by atoms with Crippen molar-refractivity contribution in [3.8, 4) is 0 Å². The van der Waals surface area contributed by atoms with Crippen LogP contribution in [-0.2, 0) is 0 Å². The van der Waals surface area contributed by atoms with E-state index in [2.05, 4.69) is 10.2 Å². The molecule has 0 spiro atoms. The number of nitrogens with zero attached hydrogens (tertiary/aromatic N) is 1. The smallest absolute Gasteiger partial charge is 0.251 e. The molecule has 2 saturated heterocycles. The number of hydrogen-bond donors (Lipinski definition) is 1. The molecule has 2 aliphatic rings. The van der Waals surface area contributed by atoms with Crippen molar-refractivity contribution in [3.05, 3.63) is 59.1 Å². The lowest BCUT2D eigenvalue weighted by Gasteiger charge is -2.23. The Labute approximate surface area is 151 Å². The van der Waals surface area contributed by atoms with Gasteiger partial charge in [0.25, 0.3) is 5.91 Å². The highest BCUT2D eigenvalue weighted by Gasteiger charge is 2.38. The highest BCUT2D eigenvalue weighted by Crippen LogP contribution is 2.30. The van der Waals surface area contributed by atoms with Crippen molar-refractivity contribution in [3.63, 3.8) is 0 Å². The van der Waals surface area contributed by atoms with Crippen LogP contribution in [0.3, 0.4) is 0 Å². The molecule has 5 heteroatoms. The molecule has 2 bridgehead atoms. The van der Waals surface area contributed by atoms with E-state index in [-0.39, 0.29) is 5.91 Å². The molecule has 2 unspecified atom stereocenters. The predicted molar refractivity (Wildman–Crippen MR) is 97.8 cm³/mol. The van der Waals surface area contributed by atoms with E-state index in [4.69, 9.17) is 11.6 Å². The zero-order valence-corrected chi connectivity index (χ0v) is 14.8. The van der Waals surface area contributed by atoms with Crippen LogP contribution in [0.4, 0.5) is 0 Å². The number of fused-ring (bicyclic) bond motifs is 2. The molecule has 2 aromatic carbocycles. The summed E-state index contributed by atoms with van der Waals surface area (Å²) in [5.41, 5.74) is 0.725. The van der Waals surface area contributed by atoms with Gasteiger partial charge in [0.05, 0.1) is 0 Å². The molecule has 3 atom stereocenters. The summed E-state index contributed by atoms with van der Waals surface area (Å²) in [6.07, 6.45) is 1.21. The molecule has 2 heterocycles. The molecule has 2 aliphatic heterocycles. The Morgan fingerprint density at radius 1 is 1.12 bits per heavy atom. The van der Waals surface area contributed by atoms with E-state index in [0.717, 1.165) is 33.5 Å². The van der Waals surface area contributed by atoms with Crippen LogP contribution < -0.4 is 5.32 Å². The van der Waals surface area contributed by atoms with Crippen LogP contribution in [0, 0.1) is 5.92 Å². The minimum Gasteiger partial charge on any atom is -0.348 e. The van der Waals surface area contributed by atoms with Crippen molar-refractivity contribution in [1.82, 2.24) is 10.2 Å². The van der Waals surface area contributed by atoms with Crippen LogP contribution in [0.2, 0.25) is 5.02 Å². The normalized spacial score (nSPS) is 25.0. The fraction of sp³-hybridized carbons (Fsp3) is 0.316. The van der Waals surface area contributed by atoms with Crippen LogP contribution in [0.5, 0.6) is 0 Å². The maximum atomic E-state index is 12.4. The van der Waals surface area contributed by atoms with Crippen LogP contribution in [0.1, 0.15) is 16.8 Å². The minimum atomic E-state index is 0.0352. The highest BCUT2D eigenvalue weighted by molar-refractivity contribution is 7.99. The minimum absolute atomic E-state index is 0.0352. The van der Waals surface area contributed by atoms with E-state index in [9.17, 15) is 4.79 Å². The quantitative estimate of drug-likeness (QED) is 0.898. The van der Waals surface area contributed by atoms with Gasteiger partial charge in [-0.05, 0) is 61.3 Å². The Morgan fingerprint density at radius 3 is 2.62 bits per heavy atom. The molecular formula is C19H19ClN2OS. The van der Waals surface area contributed by atoms with Gasteiger partial charge in [0.1, 0.15) is 0 Å². The summed E-state index contributed by atoms with van der Waals surface area (Å²) < 4.78 is 0. The summed E-state index contributed by atoms with van der Waals surface area (Å²) in [5, 5.41) is 3.93. The molecule has 3 nitrogen and oxygen atoms in total. The van der Waals surface area contributed by atoms with Crippen molar-refractivity contribution in [1.29, 1.82) is 0 Å². The Kier molecular flexibility index (Phi) is 4.53. The second-order valence-electron chi connectivity index (χ2n) is 6.47. The maximum Gasteiger partial charge on any atom is 0.251 e. The first-order chi connectivity index (χ1) is 11.7. The van der Waals surface area contributed by atoms with Crippen LogP contribution >= 0.6 is 23.4 Å².